The van der Waals surface area contributed by atoms with Gasteiger partial charge in [0.25, 0.3) is 5.91 Å². The lowest BCUT2D eigenvalue weighted by Gasteiger charge is -2.21. The maximum atomic E-state index is 14.2. The SMILES string of the molecule is CCNC(=O)c1ccc(CN2Cc3ccnc(Oc4ccc(C)cc4F)c3C2O)cc1. The standard InChI is InChI=1S/C24H24FN3O3/c1-3-26-22(29)17-7-5-16(6-8-17)13-28-14-18-10-11-27-23(21(18)24(28)30)31-20-9-4-15(2)12-19(20)25/h4-12,24,30H,3,13-14H2,1-2H3,(H,26,29). The van der Waals surface area contributed by atoms with E-state index >= 15 is 0 Å². The van der Waals surface area contributed by atoms with Crippen molar-refractivity contribution in [3.8, 4) is 11.6 Å². The van der Waals surface area contributed by atoms with Crippen molar-refractivity contribution >= 4 is 5.91 Å². The van der Waals surface area contributed by atoms with Crippen LogP contribution in [0.3, 0.4) is 0 Å². The highest BCUT2D eigenvalue weighted by Crippen LogP contribution is 2.39. The van der Waals surface area contributed by atoms with Gasteiger partial charge in [0, 0.05) is 31.4 Å². The summed E-state index contributed by atoms with van der Waals surface area (Å²) in [6.45, 7) is 5.23. The number of nitrogens with one attached hydrogen (secondary N) is 1. The van der Waals surface area contributed by atoms with E-state index in [9.17, 15) is 14.3 Å². The first-order valence-corrected chi connectivity index (χ1v) is 10.2. The third-order valence-corrected chi connectivity index (χ3v) is 5.25. The zero-order valence-corrected chi connectivity index (χ0v) is 17.4. The molecule has 0 saturated carbocycles. The van der Waals surface area contributed by atoms with Crippen LogP contribution in [-0.2, 0) is 13.1 Å². The molecule has 1 aliphatic heterocycles. The number of fused-ring (bicyclic) bond motifs is 1. The summed E-state index contributed by atoms with van der Waals surface area (Å²) in [4.78, 5) is 18.0. The highest BCUT2D eigenvalue weighted by Gasteiger charge is 2.32. The Morgan fingerprint density at radius 3 is 2.74 bits per heavy atom. The van der Waals surface area contributed by atoms with E-state index in [0.717, 1.165) is 16.7 Å². The molecule has 1 aromatic heterocycles. The highest BCUT2D eigenvalue weighted by atomic mass is 19.1. The predicted octanol–water partition coefficient (Wildman–Crippen LogP) is 4.08. The molecule has 0 saturated heterocycles. The van der Waals surface area contributed by atoms with Crippen LogP contribution in [0.1, 0.15) is 45.8 Å². The lowest BCUT2D eigenvalue weighted by atomic mass is 10.1. The van der Waals surface area contributed by atoms with Crippen molar-refractivity contribution in [2.24, 2.45) is 0 Å². The molecule has 7 heteroatoms. The molecule has 1 unspecified atom stereocenters. The van der Waals surface area contributed by atoms with Crippen LogP contribution in [0.25, 0.3) is 0 Å². The normalized spacial score (nSPS) is 15.5. The number of benzene rings is 2. The monoisotopic (exact) mass is 421 g/mol. The summed E-state index contributed by atoms with van der Waals surface area (Å²) in [6, 6.07) is 13.8. The van der Waals surface area contributed by atoms with Gasteiger partial charge in [-0.1, -0.05) is 18.2 Å². The van der Waals surface area contributed by atoms with Gasteiger partial charge in [0.05, 0.1) is 5.56 Å². The van der Waals surface area contributed by atoms with Crippen molar-refractivity contribution in [3.05, 3.63) is 88.4 Å². The van der Waals surface area contributed by atoms with Crippen LogP contribution in [0.2, 0.25) is 0 Å². The summed E-state index contributed by atoms with van der Waals surface area (Å²) >= 11 is 0. The summed E-state index contributed by atoms with van der Waals surface area (Å²) in [7, 11) is 0. The van der Waals surface area contributed by atoms with Crippen LogP contribution in [0, 0.1) is 12.7 Å². The molecule has 2 N–H and O–H groups in total. The van der Waals surface area contributed by atoms with Crippen LogP contribution in [0.15, 0.2) is 54.7 Å². The first kappa shape index (κ1) is 21.0. The van der Waals surface area contributed by atoms with E-state index in [1.807, 2.05) is 30.0 Å². The van der Waals surface area contributed by atoms with E-state index in [0.29, 0.717) is 30.8 Å². The third kappa shape index (κ3) is 4.42. The van der Waals surface area contributed by atoms with Crippen LogP contribution in [0.5, 0.6) is 11.6 Å². The van der Waals surface area contributed by atoms with E-state index in [4.69, 9.17) is 4.74 Å². The molecule has 0 spiro atoms. The fraction of sp³-hybridized carbons (Fsp3) is 0.250. The molecule has 160 valence electrons. The minimum Gasteiger partial charge on any atom is -0.435 e. The van der Waals surface area contributed by atoms with Gasteiger partial charge in [0.1, 0.15) is 6.23 Å². The van der Waals surface area contributed by atoms with Gasteiger partial charge in [-0.05, 0) is 60.9 Å². The second kappa shape index (κ2) is 8.83. The van der Waals surface area contributed by atoms with Gasteiger partial charge in [0.2, 0.25) is 5.88 Å². The molecular weight excluding hydrogens is 397 g/mol. The van der Waals surface area contributed by atoms with Crippen LogP contribution >= 0.6 is 0 Å². The van der Waals surface area contributed by atoms with E-state index in [2.05, 4.69) is 10.3 Å². The Morgan fingerprint density at radius 1 is 1.26 bits per heavy atom. The summed E-state index contributed by atoms with van der Waals surface area (Å²) in [5.41, 5.74) is 3.77. The highest BCUT2D eigenvalue weighted by molar-refractivity contribution is 5.94. The first-order chi connectivity index (χ1) is 15.0. The van der Waals surface area contributed by atoms with Crippen LogP contribution in [0.4, 0.5) is 4.39 Å². The van der Waals surface area contributed by atoms with Crippen LogP contribution < -0.4 is 10.1 Å². The maximum absolute atomic E-state index is 14.2. The van der Waals surface area contributed by atoms with E-state index in [1.165, 1.54) is 6.07 Å². The van der Waals surface area contributed by atoms with Crippen molar-refractivity contribution in [2.75, 3.05) is 6.54 Å². The lowest BCUT2D eigenvalue weighted by Crippen LogP contribution is -2.23. The summed E-state index contributed by atoms with van der Waals surface area (Å²) in [5, 5.41) is 13.7. The number of nitrogens with zero attached hydrogens (tertiary/aromatic N) is 2. The number of halogens is 1. The molecule has 0 bridgehead atoms. The Labute approximate surface area is 180 Å². The zero-order chi connectivity index (χ0) is 22.0. The summed E-state index contributed by atoms with van der Waals surface area (Å²) < 4.78 is 20.0. The molecule has 3 aromatic rings. The molecule has 31 heavy (non-hydrogen) atoms. The van der Waals surface area contributed by atoms with Crippen molar-refractivity contribution in [2.45, 2.75) is 33.2 Å². The molecule has 0 fully saturated rings. The summed E-state index contributed by atoms with van der Waals surface area (Å²) in [6.07, 6.45) is 0.660. The van der Waals surface area contributed by atoms with Gasteiger partial charge in [-0.25, -0.2) is 9.37 Å². The number of rotatable bonds is 6. The van der Waals surface area contributed by atoms with Gasteiger partial charge >= 0.3 is 0 Å². The van der Waals surface area contributed by atoms with E-state index in [1.54, 1.807) is 37.4 Å². The number of aliphatic hydroxyl groups is 1. The number of ether oxygens (including phenoxy) is 1. The molecule has 4 rings (SSSR count). The Bertz CT molecular complexity index is 1100. The van der Waals surface area contributed by atoms with Gasteiger partial charge in [-0.15, -0.1) is 0 Å². The number of amides is 1. The topological polar surface area (TPSA) is 74.7 Å². The van der Waals surface area contributed by atoms with Crippen LogP contribution in [-0.4, -0.2) is 27.4 Å². The van der Waals surface area contributed by atoms with Gasteiger partial charge in [-0.3, -0.25) is 9.69 Å². The lowest BCUT2D eigenvalue weighted by molar-refractivity contribution is 0.00637. The number of pyridine rings is 1. The van der Waals surface area contributed by atoms with Gasteiger partial charge in [-0.2, -0.15) is 0 Å². The van der Waals surface area contributed by atoms with Crippen molar-refractivity contribution in [3.63, 3.8) is 0 Å². The van der Waals surface area contributed by atoms with E-state index in [-0.39, 0.29) is 17.5 Å². The minimum absolute atomic E-state index is 0.0677. The van der Waals surface area contributed by atoms with Gasteiger partial charge in [0.15, 0.2) is 11.6 Å². The first-order valence-electron chi connectivity index (χ1n) is 10.2. The minimum atomic E-state index is -0.935. The average molecular weight is 421 g/mol. The third-order valence-electron chi connectivity index (χ3n) is 5.25. The largest absolute Gasteiger partial charge is 0.435 e. The number of aromatic nitrogens is 1. The van der Waals surface area contributed by atoms with Crippen molar-refractivity contribution in [1.29, 1.82) is 0 Å². The van der Waals surface area contributed by atoms with Crippen molar-refractivity contribution in [1.82, 2.24) is 15.2 Å². The predicted molar refractivity (Wildman–Crippen MR) is 114 cm³/mol. The number of hydrogen-bond donors (Lipinski definition) is 2. The Kier molecular flexibility index (Phi) is 5.97. The molecule has 0 aliphatic carbocycles. The molecular formula is C24H24FN3O3. The Hall–Kier alpha value is -3.29. The molecule has 1 aliphatic rings. The molecule has 1 amide bonds. The number of carbonyl (C=O) groups excluding carboxylic acids is 1. The number of aliphatic hydroxyl groups excluding tert-OH is 1. The number of carbonyl (C=O) groups is 1. The number of aryl methyl sites for hydroxylation is 1. The van der Waals surface area contributed by atoms with Gasteiger partial charge < -0.3 is 15.2 Å². The quantitative estimate of drug-likeness (QED) is 0.627. The maximum Gasteiger partial charge on any atom is 0.251 e. The summed E-state index contributed by atoms with van der Waals surface area (Å²) in [5.74, 6) is -0.324. The molecule has 1 atom stereocenters. The zero-order valence-electron chi connectivity index (χ0n) is 17.4. The molecule has 6 nitrogen and oxygen atoms in total. The fourth-order valence-corrected chi connectivity index (χ4v) is 3.67. The smallest absolute Gasteiger partial charge is 0.251 e. The fourth-order valence-electron chi connectivity index (χ4n) is 3.67. The van der Waals surface area contributed by atoms with Crippen molar-refractivity contribution < 1.29 is 19.0 Å². The average Bonchev–Trinajstić information content (AvgIpc) is 3.07. The van der Waals surface area contributed by atoms with E-state index < -0.39 is 12.0 Å². The number of hydrogen-bond acceptors (Lipinski definition) is 5. The Morgan fingerprint density at radius 2 is 2.03 bits per heavy atom. The second-order valence-corrected chi connectivity index (χ2v) is 7.56. The molecule has 2 heterocycles. The Balaban J connectivity index is 1.51. The molecule has 0 radical (unpaired) electrons. The second-order valence-electron chi connectivity index (χ2n) is 7.56. The molecule has 2 aromatic carbocycles.